The summed E-state index contributed by atoms with van der Waals surface area (Å²) in [5.74, 6) is 1.70. The molecule has 0 amide bonds. The van der Waals surface area contributed by atoms with E-state index in [0.29, 0.717) is 12.2 Å². The molecule has 3 aromatic rings. The lowest BCUT2D eigenvalue weighted by Crippen LogP contribution is -2.34. The second-order valence-corrected chi connectivity index (χ2v) is 8.37. The molecular weight excluding hydrogens is 376 g/mol. The first kappa shape index (κ1) is 20.3. The second kappa shape index (κ2) is 8.83. The Hall–Kier alpha value is -2.93. The smallest absolute Gasteiger partial charge is 0.145 e. The lowest BCUT2D eigenvalue weighted by atomic mass is 9.91. The number of hydrogen-bond donors (Lipinski definition) is 1. The first-order chi connectivity index (χ1) is 14.5. The van der Waals surface area contributed by atoms with Crippen LogP contribution in [0, 0.1) is 5.92 Å². The SMILES string of the molecule is CC(C)Nc1cncc(-c2ccc3cnc(CC(=O)C4CCN(C)CC4)nc3c2)n1. The number of Topliss-reactive ketones (excluding diaryl/α,β-unsaturated/α-hetero) is 1. The number of aromatic nitrogens is 4. The molecule has 0 radical (unpaired) electrons. The second-order valence-electron chi connectivity index (χ2n) is 8.37. The molecule has 30 heavy (non-hydrogen) atoms. The molecule has 1 fully saturated rings. The van der Waals surface area contributed by atoms with Gasteiger partial charge in [-0.25, -0.2) is 15.0 Å². The van der Waals surface area contributed by atoms with Gasteiger partial charge in [-0.1, -0.05) is 12.1 Å². The molecule has 0 spiro atoms. The van der Waals surface area contributed by atoms with Crippen molar-refractivity contribution < 1.29 is 4.79 Å². The quantitative estimate of drug-likeness (QED) is 0.674. The minimum atomic E-state index is 0.123. The van der Waals surface area contributed by atoms with Crippen LogP contribution in [0.25, 0.3) is 22.2 Å². The summed E-state index contributed by atoms with van der Waals surface area (Å²) in [7, 11) is 2.10. The molecule has 1 saturated heterocycles. The van der Waals surface area contributed by atoms with Gasteiger partial charge in [0.25, 0.3) is 0 Å². The standard InChI is InChI=1S/C23H28N6O/c1-15(2)26-23-14-24-13-20(28-23)17-4-5-18-12-25-22(27-19(18)10-17)11-21(30)16-6-8-29(3)9-7-16/h4-5,10,12-16H,6-9,11H2,1-3H3,(H,26,28). The zero-order valence-electron chi connectivity index (χ0n) is 17.8. The molecule has 2 aromatic heterocycles. The highest BCUT2D eigenvalue weighted by atomic mass is 16.1. The molecule has 0 unspecified atom stereocenters. The van der Waals surface area contributed by atoms with Crippen LogP contribution in [0.15, 0.2) is 36.8 Å². The van der Waals surface area contributed by atoms with Crippen molar-refractivity contribution in [3.63, 3.8) is 0 Å². The van der Waals surface area contributed by atoms with E-state index in [2.05, 4.69) is 51.0 Å². The van der Waals surface area contributed by atoms with Crippen molar-refractivity contribution >= 4 is 22.5 Å². The largest absolute Gasteiger partial charge is 0.367 e. The Kier molecular flexibility index (Phi) is 5.99. The third-order valence-corrected chi connectivity index (χ3v) is 5.51. The Morgan fingerprint density at radius 3 is 2.73 bits per heavy atom. The average molecular weight is 405 g/mol. The van der Waals surface area contributed by atoms with Gasteiger partial charge in [0.1, 0.15) is 17.4 Å². The molecule has 0 atom stereocenters. The van der Waals surface area contributed by atoms with Gasteiger partial charge in [0.2, 0.25) is 0 Å². The van der Waals surface area contributed by atoms with E-state index >= 15 is 0 Å². The van der Waals surface area contributed by atoms with Crippen molar-refractivity contribution in [2.75, 3.05) is 25.5 Å². The van der Waals surface area contributed by atoms with Crippen LogP contribution in [-0.4, -0.2) is 56.8 Å². The lowest BCUT2D eigenvalue weighted by Gasteiger charge is -2.27. The highest BCUT2D eigenvalue weighted by Crippen LogP contribution is 2.23. The molecule has 3 heterocycles. The first-order valence-corrected chi connectivity index (χ1v) is 10.5. The van der Waals surface area contributed by atoms with Crippen LogP contribution < -0.4 is 5.32 Å². The van der Waals surface area contributed by atoms with E-state index < -0.39 is 0 Å². The molecule has 1 N–H and O–H groups in total. The minimum absolute atomic E-state index is 0.123. The first-order valence-electron chi connectivity index (χ1n) is 10.5. The summed E-state index contributed by atoms with van der Waals surface area (Å²) in [5, 5.41) is 4.22. The van der Waals surface area contributed by atoms with Gasteiger partial charge in [0.15, 0.2) is 0 Å². The Balaban J connectivity index is 1.55. The third-order valence-electron chi connectivity index (χ3n) is 5.51. The number of carbonyl (C=O) groups is 1. The van der Waals surface area contributed by atoms with Crippen LogP contribution >= 0.6 is 0 Å². The van der Waals surface area contributed by atoms with E-state index in [1.54, 1.807) is 18.6 Å². The number of rotatable bonds is 6. The molecule has 156 valence electrons. The number of nitrogens with one attached hydrogen (secondary N) is 1. The summed E-state index contributed by atoms with van der Waals surface area (Å²) >= 11 is 0. The number of likely N-dealkylation sites (tertiary alicyclic amines) is 1. The molecule has 4 rings (SSSR count). The van der Waals surface area contributed by atoms with Gasteiger partial charge in [-0.15, -0.1) is 0 Å². The molecule has 0 aliphatic carbocycles. The fraction of sp³-hybridized carbons (Fsp3) is 0.435. The van der Waals surface area contributed by atoms with Crippen LogP contribution in [0.4, 0.5) is 5.82 Å². The Morgan fingerprint density at radius 2 is 1.97 bits per heavy atom. The molecule has 0 saturated carbocycles. The fourth-order valence-electron chi connectivity index (χ4n) is 3.81. The highest BCUT2D eigenvalue weighted by molar-refractivity contribution is 5.85. The van der Waals surface area contributed by atoms with Crippen molar-refractivity contribution in [2.45, 2.75) is 39.2 Å². The van der Waals surface area contributed by atoms with Gasteiger partial charge < -0.3 is 10.2 Å². The summed E-state index contributed by atoms with van der Waals surface area (Å²) in [4.78, 5) is 33.0. The van der Waals surface area contributed by atoms with E-state index in [1.165, 1.54) is 0 Å². The Bertz CT molecular complexity index is 1040. The molecular formula is C23H28N6O. The number of fused-ring (bicyclic) bond motifs is 1. The molecule has 7 heteroatoms. The van der Waals surface area contributed by atoms with E-state index in [9.17, 15) is 4.79 Å². The maximum Gasteiger partial charge on any atom is 0.145 e. The van der Waals surface area contributed by atoms with Crippen molar-refractivity contribution in [2.24, 2.45) is 5.92 Å². The number of nitrogens with zero attached hydrogens (tertiary/aromatic N) is 5. The predicted molar refractivity (Wildman–Crippen MR) is 118 cm³/mol. The normalized spacial score (nSPS) is 15.6. The molecule has 1 aliphatic rings. The summed E-state index contributed by atoms with van der Waals surface area (Å²) in [5.41, 5.74) is 2.54. The number of hydrogen-bond acceptors (Lipinski definition) is 7. The summed E-state index contributed by atoms with van der Waals surface area (Å²) < 4.78 is 0. The van der Waals surface area contributed by atoms with Crippen molar-refractivity contribution in [3.8, 4) is 11.3 Å². The van der Waals surface area contributed by atoms with Crippen molar-refractivity contribution in [1.29, 1.82) is 0 Å². The molecule has 1 aliphatic heterocycles. The minimum Gasteiger partial charge on any atom is -0.367 e. The lowest BCUT2D eigenvalue weighted by molar-refractivity contribution is -0.123. The maximum absolute atomic E-state index is 12.7. The summed E-state index contributed by atoms with van der Waals surface area (Å²) in [6.45, 7) is 6.08. The van der Waals surface area contributed by atoms with Crippen LogP contribution in [0.1, 0.15) is 32.5 Å². The monoisotopic (exact) mass is 404 g/mol. The van der Waals surface area contributed by atoms with Gasteiger partial charge in [-0.3, -0.25) is 9.78 Å². The van der Waals surface area contributed by atoms with Crippen LogP contribution in [0.5, 0.6) is 0 Å². The van der Waals surface area contributed by atoms with E-state index in [1.807, 2.05) is 18.2 Å². The molecule has 7 nitrogen and oxygen atoms in total. The van der Waals surface area contributed by atoms with Gasteiger partial charge in [0, 0.05) is 29.1 Å². The number of carbonyl (C=O) groups excluding carboxylic acids is 1. The van der Waals surface area contributed by atoms with E-state index in [4.69, 9.17) is 0 Å². The number of benzene rings is 1. The number of piperidine rings is 1. The zero-order valence-corrected chi connectivity index (χ0v) is 17.8. The van der Waals surface area contributed by atoms with Gasteiger partial charge in [-0.2, -0.15) is 0 Å². The highest BCUT2D eigenvalue weighted by Gasteiger charge is 2.24. The third kappa shape index (κ3) is 4.79. The van der Waals surface area contributed by atoms with Gasteiger partial charge >= 0.3 is 0 Å². The van der Waals surface area contributed by atoms with E-state index in [0.717, 1.165) is 53.9 Å². The van der Waals surface area contributed by atoms with Crippen molar-refractivity contribution in [1.82, 2.24) is 24.8 Å². The number of ketones is 1. The topological polar surface area (TPSA) is 83.9 Å². The summed E-state index contributed by atoms with van der Waals surface area (Å²) in [6.07, 6.45) is 7.41. The Morgan fingerprint density at radius 1 is 1.17 bits per heavy atom. The van der Waals surface area contributed by atoms with Gasteiger partial charge in [-0.05, 0) is 52.9 Å². The number of anilines is 1. The van der Waals surface area contributed by atoms with Crippen LogP contribution in [0.3, 0.4) is 0 Å². The average Bonchev–Trinajstić information content (AvgIpc) is 2.73. The van der Waals surface area contributed by atoms with Crippen molar-refractivity contribution in [3.05, 3.63) is 42.6 Å². The molecule has 1 aromatic carbocycles. The summed E-state index contributed by atoms with van der Waals surface area (Å²) in [6, 6.07) is 6.25. The molecule has 0 bridgehead atoms. The van der Waals surface area contributed by atoms with E-state index in [-0.39, 0.29) is 17.7 Å². The predicted octanol–water partition coefficient (Wildman–Crippen LogP) is 3.36. The van der Waals surface area contributed by atoms with Crippen LogP contribution in [-0.2, 0) is 11.2 Å². The fourth-order valence-corrected chi connectivity index (χ4v) is 3.81. The van der Waals surface area contributed by atoms with Gasteiger partial charge in [0.05, 0.1) is 30.0 Å². The zero-order chi connectivity index (χ0) is 21.1. The maximum atomic E-state index is 12.7. The Labute approximate surface area is 177 Å². The van der Waals surface area contributed by atoms with Crippen LogP contribution in [0.2, 0.25) is 0 Å².